The van der Waals surface area contributed by atoms with E-state index in [9.17, 15) is 19.2 Å². The van der Waals surface area contributed by atoms with E-state index in [1.54, 1.807) is 0 Å². The Morgan fingerprint density at radius 2 is 1.84 bits per heavy atom. The molecule has 0 unspecified atom stereocenters. The Morgan fingerprint density at radius 3 is 2.48 bits per heavy atom. The molecule has 0 fully saturated rings. The molecule has 0 bridgehead atoms. The van der Waals surface area contributed by atoms with Crippen molar-refractivity contribution in [2.75, 3.05) is 19.5 Å². The van der Waals surface area contributed by atoms with Crippen LogP contribution in [0, 0.1) is 0 Å². The van der Waals surface area contributed by atoms with Gasteiger partial charge in [0.15, 0.2) is 0 Å². The van der Waals surface area contributed by atoms with Crippen LogP contribution in [-0.4, -0.2) is 45.3 Å². The Kier molecular flexibility index (Phi) is 6.25. The lowest BCUT2D eigenvalue weighted by Gasteiger charge is -2.15. The fourth-order valence-corrected chi connectivity index (χ4v) is 3.22. The number of ether oxygens (including phenoxy) is 2. The van der Waals surface area contributed by atoms with Crippen LogP contribution in [0.1, 0.15) is 0 Å². The van der Waals surface area contributed by atoms with Gasteiger partial charge in [0.25, 0.3) is 5.56 Å². The quantitative estimate of drug-likeness (QED) is 0.544. The topological polar surface area (TPSA) is 142 Å². The van der Waals surface area contributed by atoms with Crippen molar-refractivity contribution in [3.8, 4) is 11.5 Å². The smallest absolute Gasteiger partial charge is 0.332 e. The number of anilines is 1. The van der Waals surface area contributed by atoms with Crippen molar-refractivity contribution in [2.24, 2.45) is 0 Å². The van der Waals surface area contributed by atoms with E-state index in [0.717, 1.165) is 4.57 Å². The lowest BCUT2D eigenvalue weighted by atomic mass is 10.2. The number of nitrogens with one attached hydrogen (secondary N) is 1. The Bertz CT molecular complexity index is 1300. The second kappa shape index (κ2) is 8.88. The molecular formula is C19H17ClN4O7. The monoisotopic (exact) mass is 448 g/mol. The molecule has 162 valence electrons. The van der Waals surface area contributed by atoms with Gasteiger partial charge in [0.2, 0.25) is 5.91 Å². The van der Waals surface area contributed by atoms with Crippen LogP contribution in [-0.2, 0) is 22.7 Å². The van der Waals surface area contributed by atoms with Crippen LogP contribution < -0.4 is 26.0 Å². The summed E-state index contributed by atoms with van der Waals surface area (Å²) in [5.41, 5.74) is -1.42. The van der Waals surface area contributed by atoms with Gasteiger partial charge < -0.3 is 19.9 Å². The molecule has 0 saturated heterocycles. The van der Waals surface area contributed by atoms with Crippen molar-refractivity contribution >= 4 is 40.1 Å². The summed E-state index contributed by atoms with van der Waals surface area (Å²) in [6, 6.07) is 4.25. The molecule has 0 saturated carbocycles. The Hall–Kier alpha value is -3.86. The number of carboxylic acids is 1. The Balaban J connectivity index is 2.03. The molecule has 2 N–H and O–H groups in total. The van der Waals surface area contributed by atoms with Gasteiger partial charge in [0.05, 0.1) is 42.0 Å². The molecule has 11 nitrogen and oxygen atoms in total. The van der Waals surface area contributed by atoms with E-state index in [-0.39, 0.29) is 27.4 Å². The van der Waals surface area contributed by atoms with Gasteiger partial charge >= 0.3 is 11.7 Å². The largest absolute Gasteiger partial charge is 0.495 e. The Labute approximate surface area is 179 Å². The molecule has 31 heavy (non-hydrogen) atoms. The highest BCUT2D eigenvalue weighted by Gasteiger charge is 2.18. The van der Waals surface area contributed by atoms with Crippen molar-refractivity contribution < 1.29 is 24.2 Å². The predicted octanol–water partition coefficient (Wildman–Crippen LogP) is 0.952. The summed E-state index contributed by atoms with van der Waals surface area (Å²) in [6.45, 7) is -1.37. The SMILES string of the molecule is COc1cc(OC)c(NC(=O)Cn2c(=O)n(CC(=O)O)c(=O)c3ccncc32)cc1Cl. The summed E-state index contributed by atoms with van der Waals surface area (Å²) in [7, 11) is 2.82. The van der Waals surface area contributed by atoms with Gasteiger partial charge in [-0.05, 0) is 12.1 Å². The number of fused-ring (bicyclic) bond motifs is 1. The number of methoxy groups -OCH3 is 2. The third-order valence-electron chi connectivity index (χ3n) is 4.37. The van der Waals surface area contributed by atoms with Gasteiger partial charge in [-0.1, -0.05) is 11.6 Å². The number of carbonyl (C=O) groups excluding carboxylic acids is 1. The number of benzene rings is 1. The highest BCUT2D eigenvalue weighted by atomic mass is 35.5. The lowest BCUT2D eigenvalue weighted by molar-refractivity contribution is -0.137. The highest BCUT2D eigenvalue weighted by molar-refractivity contribution is 6.32. The number of hydrogen-bond acceptors (Lipinski definition) is 7. The number of carboxylic acid groups (broad SMARTS) is 1. The third-order valence-corrected chi connectivity index (χ3v) is 4.67. The number of carbonyl (C=O) groups is 2. The number of amides is 1. The van der Waals surface area contributed by atoms with E-state index in [2.05, 4.69) is 10.3 Å². The number of nitrogens with zero attached hydrogens (tertiary/aromatic N) is 3. The van der Waals surface area contributed by atoms with E-state index in [0.29, 0.717) is 10.3 Å². The molecule has 1 amide bonds. The second-order valence-corrected chi connectivity index (χ2v) is 6.69. The van der Waals surface area contributed by atoms with E-state index in [1.165, 1.54) is 44.8 Å². The molecule has 0 aliphatic rings. The average Bonchev–Trinajstić information content (AvgIpc) is 2.74. The van der Waals surface area contributed by atoms with Gasteiger partial charge in [0, 0.05) is 12.3 Å². The normalized spacial score (nSPS) is 10.7. The first-order chi connectivity index (χ1) is 14.8. The van der Waals surface area contributed by atoms with Crippen LogP contribution in [0.4, 0.5) is 5.69 Å². The van der Waals surface area contributed by atoms with Crippen LogP contribution in [0.15, 0.2) is 40.2 Å². The first-order valence-electron chi connectivity index (χ1n) is 8.77. The second-order valence-electron chi connectivity index (χ2n) is 6.28. The number of hydrogen-bond donors (Lipinski definition) is 2. The molecule has 0 aliphatic heterocycles. The fraction of sp³-hybridized carbons (Fsp3) is 0.211. The molecule has 0 atom stereocenters. The van der Waals surface area contributed by atoms with Crippen molar-refractivity contribution in [3.63, 3.8) is 0 Å². The van der Waals surface area contributed by atoms with E-state index in [1.807, 2.05) is 0 Å². The molecule has 2 aromatic heterocycles. The lowest BCUT2D eigenvalue weighted by Crippen LogP contribution is -2.43. The number of aromatic nitrogens is 3. The Morgan fingerprint density at radius 1 is 1.13 bits per heavy atom. The molecule has 3 rings (SSSR count). The number of halogens is 1. The summed E-state index contributed by atoms with van der Waals surface area (Å²) in [5.74, 6) is -1.41. The first-order valence-corrected chi connectivity index (χ1v) is 9.15. The molecule has 12 heteroatoms. The minimum absolute atomic E-state index is 0.0497. The standard InChI is InChI=1S/C19H17ClN4O7/c1-30-14-6-15(31-2)12(5-11(14)20)22-16(25)8-23-13-7-21-4-3-10(13)18(28)24(19(23)29)9-17(26)27/h3-7H,8-9H2,1-2H3,(H,22,25)(H,26,27). The minimum atomic E-state index is -1.37. The summed E-state index contributed by atoms with van der Waals surface area (Å²) in [4.78, 5) is 53.0. The zero-order chi connectivity index (χ0) is 22.7. The maximum absolute atomic E-state index is 12.8. The van der Waals surface area contributed by atoms with Crippen LogP contribution in [0.5, 0.6) is 11.5 Å². The van der Waals surface area contributed by atoms with E-state index in [4.69, 9.17) is 26.2 Å². The van der Waals surface area contributed by atoms with Gasteiger partial charge in [-0.3, -0.25) is 23.9 Å². The molecular weight excluding hydrogens is 432 g/mol. The van der Waals surface area contributed by atoms with Crippen LogP contribution in [0.3, 0.4) is 0 Å². The number of pyridine rings is 1. The minimum Gasteiger partial charge on any atom is -0.495 e. The van der Waals surface area contributed by atoms with Crippen LogP contribution >= 0.6 is 11.6 Å². The van der Waals surface area contributed by atoms with Gasteiger partial charge in [-0.2, -0.15) is 0 Å². The van der Waals surface area contributed by atoms with Crippen molar-refractivity contribution in [1.82, 2.24) is 14.1 Å². The number of rotatable bonds is 7. The summed E-state index contributed by atoms with van der Waals surface area (Å²) < 4.78 is 11.8. The van der Waals surface area contributed by atoms with E-state index >= 15 is 0 Å². The average molecular weight is 449 g/mol. The van der Waals surface area contributed by atoms with Crippen molar-refractivity contribution in [2.45, 2.75) is 13.1 Å². The first kappa shape index (κ1) is 21.8. The summed E-state index contributed by atoms with van der Waals surface area (Å²) in [6.07, 6.45) is 2.58. The summed E-state index contributed by atoms with van der Waals surface area (Å²) >= 11 is 6.10. The molecule has 2 heterocycles. The van der Waals surface area contributed by atoms with Crippen molar-refractivity contribution in [3.05, 3.63) is 56.5 Å². The molecule has 0 spiro atoms. The molecule has 0 radical (unpaired) electrons. The van der Waals surface area contributed by atoms with Gasteiger partial charge in [-0.15, -0.1) is 0 Å². The predicted molar refractivity (Wildman–Crippen MR) is 111 cm³/mol. The zero-order valence-corrected chi connectivity index (χ0v) is 17.2. The molecule has 1 aromatic carbocycles. The van der Waals surface area contributed by atoms with Gasteiger partial charge in [-0.25, -0.2) is 9.36 Å². The maximum Gasteiger partial charge on any atom is 0.332 e. The van der Waals surface area contributed by atoms with E-state index < -0.39 is 36.2 Å². The number of aliphatic carboxylic acids is 1. The van der Waals surface area contributed by atoms with Crippen molar-refractivity contribution in [1.29, 1.82) is 0 Å². The zero-order valence-electron chi connectivity index (χ0n) is 16.4. The third kappa shape index (κ3) is 4.36. The highest BCUT2D eigenvalue weighted by Crippen LogP contribution is 2.35. The molecule has 0 aliphatic carbocycles. The van der Waals surface area contributed by atoms with Gasteiger partial charge in [0.1, 0.15) is 24.6 Å². The van der Waals surface area contributed by atoms with Crippen LogP contribution in [0.25, 0.3) is 10.9 Å². The fourth-order valence-electron chi connectivity index (χ4n) is 2.98. The maximum atomic E-state index is 12.8. The molecule has 3 aromatic rings. The summed E-state index contributed by atoms with van der Waals surface area (Å²) in [5, 5.41) is 11.9. The van der Waals surface area contributed by atoms with Crippen LogP contribution in [0.2, 0.25) is 5.02 Å².